The number of nitrogens with one attached hydrogen (secondary N) is 2. The first-order valence-electron chi connectivity index (χ1n) is 5.67. The molecule has 1 spiro atoms. The Balaban J connectivity index is 1.78. The molecule has 8 heteroatoms. The molecule has 1 aromatic heterocycles. The van der Waals surface area contributed by atoms with Crippen molar-refractivity contribution in [2.24, 2.45) is 0 Å². The maximum Gasteiger partial charge on any atom is 0.322 e. The van der Waals surface area contributed by atoms with Crippen LogP contribution in [-0.4, -0.2) is 41.4 Å². The van der Waals surface area contributed by atoms with Crippen LogP contribution in [0.2, 0.25) is 0 Å². The van der Waals surface area contributed by atoms with Gasteiger partial charge in [0.15, 0.2) is 0 Å². The predicted octanol–water partition coefficient (Wildman–Crippen LogP) is 0.777. The standard InChI is InChI=1S/C11H10IN3O3S/c12-7-3-6(4-19-7)8(16)15-2-1-11(5-15)9(17)13-10(18)14-11/h3-4H,1-2,5H2,(H2,13,14,17,18). The van der Waals surface area contributed by atoms with E-state index >= 15 is 0 Å². The fourth-order valence-corrected chi connectivity index (χ4v) is 3.72. The Kier molecular flexibility index (Phi) is 3.01. The van der Waals surface area contributed by atoms with Gasteiger partial charge >= 0.3 is 6.03 Å². The number of carbonyl (C=O) groups excluding carboxylic acids is 3. The van der Waals surface area contributed by atoms with Crippen LogP contribution >= 0.6 is 33.9 Å². The molecule has 3 heterocycles. The molecule has 1 aromatic rings. The summed E-state index contributed by atoms with van der Waals surface area (Å²) in [5.41, 5.74) is -0.299. The van der Waals surface area contributed by atoms with Gasteiger partial charge in [-0.1, -0.05) is 0 Å². The zero-order chi connectivity index (χ0) is 13.6. The third kappa shape index (κ3) is 2.12. The lowest BCUT2D eigenvalue weighted by Gasteiger charge is -2.20. The van der Waals surface area contributed by atoms with E-state index in [1.807, 2.05) is 11.4 Å². The van der Waals surface area contributed by atoms with Gasteiger partial charge in [0.1, 0.15) is 5.54 Å². The van der Waals surface area contributed by atoms with Crippen LogP contribution < -0.4 is 10.6 Å². The van der Waals surface area contributed by atoms with Crippen molar-refractivity contribution in [3.8, 4) is 0 Å². The average Bonchev–Trinajstić information content (AvgIpc) is 3.01. The van der Waals surface area contributed by atoms with Crippen molar-refractivity contribution < 1.29 is 14.4 Å². The van der Waals surface area contributed by atoms with Crippen molar-refractivity contribution in [2.75, 3.05) is 13.1 Å². The van der Waals surface area contributed by atoms with Crippen molar-refractivity contribution in [3.05, 3.63) is 19.9 Å². The van der Waals surface area contributed by atoms with Crippen LogP contribution in [0.1, 0.15) is 16.8 Å². The van der Waals surface area contributed by atoms with E-state index in [0.717, 1.165) is 2.88 Å². The van der Waals surface area contributed by atoms with Crippen LogP contribution in [0.4, 0.5) is 4.79 Å². The Bertz CT molecular complexity index is 587. The maximum absolute atomic E-state index is 12.3. The SMILES string of the molecule is O=C1NC(=O)C2(CCN(C(=O)c3csc(I)c3)C2)N1. The Morgan fingerprint density at radius 1 is 1.47 bits per heavy atom. The lowest BCUT2D eigenvalue weighted by molar-refractivity contribution is -0.123. The highest BCUT2D eigenvalue weighted by atomic mass is 127. The number of imide groups is 1. The number of hydrogen-bond acceptors (Lipinski definition) is 4. The summed E-state index contributed by atoms with van der Waals surface area (Å²) in [5.74, 6) is -0.433. The van der Waals surface area contributed by atoms with Crippen LogP contribution in [-0.2, 0) is 4.79 Å². The minimum Gasteiger partial charge on any atom is -0.336 e. The number of carbonyl (C=O) groups is 3. The van der Waals surface area contributed by atoms with Crippen molar-refractivity contribution in [1.29, 1.82) is 0 Å². The van der Waals surface area contributed by atoms with Crippen LogP contribution in [0.3, 0.4) is 0 Å². The molecule has 6 nitrogen and oxygen atoms in total. The third-order valence-corrected chi connectivity index (χ3v) is 5.17. The molecule has 0 bridgehead atoms. The van der Waals surface area contributed by atoms with Crippen molar-refractivity contribution >= 4 is 51.8 Å². The number of rotatable bonds is 1. The molecule has 0 radical (unpaired) electrons. The lowest BCUT2D eigenvalue weighted by atomic mass is 9.99. The van der Waals surface area contributed by atoms with Gasteiger partial charge in [-0.05, 0) is 35.1 Å². The number of thiophene rings is 1. The molecule has 19 heavy (non-hydrogen) atoms. The fourth-order valence-electron chi connectivity index (χ4n) is 2.40. The number of likely N-dealkylation sites (tertiary alicyclic amines) is 1. The summed E-state index contributed by atoms with van der Waals surface area (Å²) >= 11 is 3.67. The van der Waals surface area contributed by atoms with E-state index in [1.165, 1.54) is 11.3 Å². The lowest BCUT2D eigenvalue weighted by Crippen LogP contribution is -2.49. The van der Waals surface area contributed by atoms with Gasteiger partial charge in [-0.3, -0.25) is 14.9 Å². The fraction of sp³-hybridized carbons (Fsp3) is 0.364. The Morgan fingerprint density at radius 3 is 2.84 bits per heavy atom. The van der Waals surface area contributed by atoms with Crippen molar-refractivity contribution in [1.82, 2.24) is 15.5 Å². The van der Waals surface area contributed by atoms with Gasteiger partial charge in [-0.15, -0.1) is 11.3 Å². The van der Waals surface area contributed by atoms with Crippen LogP contribution in [0.15, 0.2) is 11.4 Å². The Morgan fingerprint density at radius 2 is 2.26 bits per heavy atom. The number of hydrogen-bond donors (Lipinski definition) is 2. The van der Waals surface area contributed by atoms with Crippen molar-refractivity contribution in [2.45, 2.75) is 12.0 Å². The van der Waals surface area contributed by atoms with Crippen LogP contribution in [0.25, 0.3) is 0 Å². The summed E-state index contributed by atoms with van der Waals surface area (Å²) in [6.07, 6.45) is 0.456. The molecular weight excluding hydrogens is 381 g/mol. The zero-order valence-electron chi connectivity index (χ0n) is 9.73. The molecule has 1 unspecified atom stereocenters. The number of urea groups is 1. The monoisotopic (exact) mass is 391 g/mol. The molecule has 4 amide bonds. The van der Waals surface area contributed by atoms with Crippen LogP contribution in [0, 0.1) is 2.88 Å². The number of amides is 4. The second kappa shape index (κ2) is 4.44. The topological polar surface area (TPSA) is 78.5 Å². The van der Waals surface area contributed by atoms with E-state index in [4.69, 9.17) is 0 Å². The van der Waals surface area contributed by atoms with E-state index in [1.54, 1.807) is 4.90 Å². The van der Waals surface area contributed by atoms with Gasteiger partial charge in [-0.25, -0.2) is 4.79 Å². The van der Waals surface area contributed by atoms with E-state index < -0.39 is 11.6 Å². The Labute approximate surface area is 126 Å². The second-order valence-corrected chi connectivity index (χ2v) is 7.41. The normalized spacial score (nSPS) is 25.8. The first-order chi connectivity index (χ1) is 9.00. The zero-order valence-corrected chi connectivity index (χ0v) is 12.7. The third-order valence-electron chi connectivity index (χ3n) is 3.39. The molecule has 2 saturated heterocycles. The van der Waals surface area contributed by atoms with E-state index in [2.05, 4.69) is 33.2 Å². The largest absolute Gasteiger partial charge is 0.336 e. The van der Waals surface area contributed by atoms with E-state index in [0.29, 0.717) is 18.5 Å². The van der Waals surface area contributed by atoms with Gasteiger partial charge in [0.2, 0.25) is 0 Å². The highest BCUT2D eigenvalue weighted by Gasteiger charge is 2.51. The first kappa shape index (κ1) is 12.9. The second-order valence-electron chi connectivity index (χ2n) is 4.61. The van der Waals surface area contributed by atoms with E-state index in [9.17, 15) is 14.4 Å². The maximum atomic E-state index is 12.3. The number of halogens is 1. The van der Waals surface area contributed by atoms with Crippen molar-refractivity contribution in [3.63, 3.8) is 0 Å². The summed E-state index contributed by atoms with van der Waals surface area (Å²) in [6, 6.07) is 1.34. The quantitative estimate of drug-likeness (QED) is 0.549. The molecule has 100 valence electrons. The average molecular weight is 391 g/mol. The number of nitrogens with zero attached hydrogens (tertiary/aromatic N) is 1. The van der Waals surface area contributed by atoms with Gasteiger partial charge < -0.3 is 10.2 Å². The molecule has 0 aromatic carbocycles. The molecule has 0 aliphatic carbocycles. The first-order valence-corrected chi connectivity index (χ1v) is 7.63. The molecule has 2 N–H and O–H groups in total. The summed E-state index contributed by atoms with van der Waals surface area (Å²) in [4.78, 5) is 36.9. The summed E-state index contributed by atoms with van der Waals surface area (Å²) in [6.45, 7) is 0.703. The summed E-state index contributed by atoms with van der Waals surface area (Å²) in [5, 5.41) is 6.66. The van der Waals surface area contributed by atoms with E-state index in [-0.39, 0.29) is 18.4 Å². The molecule has 1 atom stereocenters. The molecule has 3 rings (SSSR count). The summed E-state index contributed by atoms with van der Waals surface area (Å²) in [7, 11) is 0. The molecule has 2 fully saturated rings. The highest BCUT2D eigenvalue weighted by Crippen LogP contribution is 2.27. The summed E-state index contributed by atoms with van der Waals surface area (Å²) < 4.78 is 1.04. The van der Waals surface area contributed by atoms with Gasteiger partial charge in [-0.2, -0.15) is 0 Å². The van der Waals surface area contributed by atoms with Gasteiger partial charge in [0.05, 0.1) is 15.0 Å². The minimum absolute atomic E-state index is 0.0926. The molecule has 2 aliphatic rings. The smallest absolute Gasteiger partial charge is 0.322 e. The van der Waals surface area contributed by atoms with Gasteiger partial charge in [0.25, 0.3) is 11.8 Å². The predicted molar refractivity (Wildman–Crippen MR) is 77.0 cm³/mol. The van der Waals surface area contributed by atoms with Gasteiger partial charge in [0, 0.05) is 11.9 Å². The van der Waals surface area contributed by atoms with Crippen LogP contribution in [0.5, 0.6) is 0 Å². The molecule has 0 saturated carbocycles. The highest BCUT2D eigenvalue weighted by molar-refractivity contribution is 14.1. The minimum atomic E-state index is -0.935. The molecular formula is C11H10IN3O3S. The Hall–Kier alpha value is -1.16. The molecule has 2 aliphatic heterocycles.